The Balaban J connectivity index is 1.74. The van der Waals surface area contributed by atoms with Crippen LogP contribution in [0, 0.1) is 5.82 Å². The molecule has 1 amide bonds. The van der Waals surface area contributed by atoms with E-state index in [9.17, 15) is 22.4 Å². The molecule has 0 aliphatic carbocycles. The molecule has 0 radical (unpaired) electrons. The normalized spacial score (nSPS) is 20.1. The summed E-state index contributed by atoms with van der Waals surface area (Å²) >= 11 is 0. The first kappa shape index (κ1) is 19.0. The van der Waals surface area contributed by atoms with E-state index in [0.717, 1.165) is 0 Å². The quantitative estimate of drug-likeness (QED) is 0.546. The zero-order valence-corrected chi connectivity index (χ0v) is 15.4. The van der Waals surface area contributed by atoms with E-state index >= 15 is 0 Å². The number of halogens is 4. The minimum Gasteiger partial charge on any atom is -0.482 e. The van der Waals surface area contributed by atoms with Gasteiger partial charge in [0.15, 0.2) is 0 Å². The second kappa shape index (κ2) is 6.37. The van der Waals surface area contributed by atoms with Gasteiger partial charge in [-0.2, -0.15) is 0 Å². The second-order valence-electron chi connectivity index (χ2n) is 7.13. The number of amides is 1. The number of allylic oxidation sites excluding steroid dienone is 1. The number of ether oxygens (including phenoxy) is 2. The Morgan fingerprint density at radius 1 is 1.07 bits per heavy atom. The van der Waals surface area contributed by atoms with Gasteiger partial charge in [0.05, 0.1) is 11.3 Å². The number of anilines is 1. The van der Waals surface area contributed by atoms with Crippen LogP contribution < -0.4 is 10.1 Å². The van der Waals surface area contributed by atoms with Crippen LogP contribution in [0.1, 0.15) is 25.0 Å². The molecular weight excluding hydrogens is 390 g/mol. The van der Waals surface area contributed by atoms with E-state index in [0.29, 0.717) is 28.1 Å². The van der Waals surface area contributed by atoms with Crippen LogP contribution in [0.3, 0.4) is 0 Å². The average molecular weight is 405 g/mol. The van der Waals surface area contributed by atoms with E-state index in [1.165, 1.54) is 42.5 Å². The topological polar surface area (TPSA) is 47.6 Å². The molecule has 150 valence electrons. The number of rotatable bonds is 2. The van der Waals surface area contributed by atoms with Crippen molar-refractivity contribution in [2.24, 2.45) is 0 Å². The highest BCUT2D eigenvalue weighted by Gasteiger charge is 2.38. The Kier molecular flexibility index (Phi) is 4.18. The van der Waals surface area contributed by atoms with Crippen LogP contribution in [0.4, 0.5) is 23.2 Å². The van der Waals surface area contributed by atoms with Gasteiger partial charge < -0.3 is 14.8 Å². The number of fused-ring (bicyclic) bond motifs is 1. The van der Waals surface area contributed by atoms with E-state index in [1.807, 2.05) is 0 Å². The van der Waals surface area contributed by atoms with Gasteiger partial charge in [-0.1, -0.05) is 12.1 Å². The Bertz CT molecular complexity index is 1070. The van der Waals surface area contributed by atoms with Crippen molar-refractivity contribution in [1.82, 2.24) is 0 Å². The maximum absolute atomic E-state index is 13.4. The number of alkyl halides is 3. The van der Waals surface area contributed by atoms with Gasteiger partial charge in [0.1, 0.15) is 22.9 Å². The van der Waals surface area contributed by atoms with Gasteiger partial charge in [0.2, 0.25) is 0 Å². The third kappa shape index (κ3) is 3.57. The average Bonchev–Trinajstić information content (AvgIpc) is 3.08. The van der Waals surface area contributed by atoms with Crippen LogP contribution in [0.5, 0.6) is 5.75 Å². The Labute approximate surface area is 163 Å². The van der Waals surface area contributed by atoms with Crippen LogP contribution in [0.25, 0.3) is 11.1 Å². The standard InChI is InChI=1S/C21H15F4NO3/c1-20(2)15(11-3-6-13(7-4-11)28-21(23,24)25)10-17(29-20)18-14-8-5-12(22)9-16(14)26-19(18)27/h3-10H,1-2H3,(H,26,27)/b18-17+. The number of hydrogen-bond acceptors (Lipinski definition) is 3. The van der Waals surface area contributed by atoms with Crippen LogP contribution in [-0.4, -0.2) is 17.9 Å². The van der Waals surface area contributed by atoms with E-state index in [2.05, 4.69) is 10.1 Å². The third-order valence-corrected chi connectivity index (χ3v) is 4.66. The highest BCUT2D eigenvalue weighted by atomic mass is 19.4. The molecule has 4 rings (SSSR count). The molecule has 29 heavy (non-hydrogen) atoms. The largest absolute Gasteiger partial charge is 0.573 e. The van der Waals surface area contributed by atoms with Crippen LogP contribution in [-0.2, 0) is 9.53 Å². The lowest BCUT2D eigenvalue weighted by atomic mass is 9.92. The minimum absolute atomic E-state index is 0.278. The number of nitrogens with one attached hydrogen (secondary N) is 1. The highest BCUT2D eigenvalue weighted by Crippen LogP contribution is 2.44. The summed E-state index contributed by atoms with van der Waals surface area (Å²) in [7, 11) is 0. The molecule has 2 aromatic rings. The number of benzene rings is 2. The van der Waals surface area contributed by atoms with Crippen LogP contribution in [0.2, 0.25) is 0 Å². The molecule has 0 aromatic heterocycles. The lowest BCUT2D eigenvalue weighted by molar-refractivity contribution is -0.274. The number of carbonyl (C=O) groups excluding carboxylic acids is 1. The molecule has 2 heterocycles. The third-order valence-electron chi connectivity index (χ3n) is 4.66. The highest BCUT2D eigenvalue weighted by molar-refractivity contribution is 6.32. The predicted molar refractivity (Wildman–Crippen MR) is 98.2 cm³/mol. The van der Waals surface area contributed by atoms with Gasteiger partial charge in [0.25, 0.3) is 5.91 Å². The van der Waals surface area contributed by atoms with Gasteiger partial charge in [-0.05, 0) is 55.8 Å². The number of carbonyl (C=O) groups is 1. The summed E-state index contributed by atoms with van der Waals surface area (Å²) in [5, 5.41) is 2.61. The summed E-state index contributed by atoms with van der Waals surface area (Å²) in [6.45, 7) is 3.57. The van der Waals surface area contributed by atoms with E-state index in [1.54, 1.807) is 19.9 Å². The van der Waals surface area contributed by atoms with Gasteiger partial charge in [-0.25, -0.2) is 4.39 Å². The molecular formula is C21H15F4NO3. The maximum Gasteiger partial charge on any atom is 0.573 e. The molecule has 0 atom stereocenters. The Morgan fingerprint density at radius 2 is 1.76 bits per heavy atom. The lowest BCUT2D eigenvalue weighted by Crippen LogP contribution is -2.21. The first-order valence-corrected chi connectivity index (χ1v) is 8.66. The van der Waals surface area contributed by atoms with Crippen molar-refractivity contribution in [3.63, 3.8) is 0 Å². The SMILES string of the molecule is CC1(C)O/C(=C2/C(=O)Nc3cc(F)ccc32)C=C1c1ccc(OC(F)(F)F)cc1. The Hall–Kier alpha value is -3.29. The van der Waals surface area contributed by atoms with Gasteiger partial charge in [-0.15, -0.1) is 13.2 Å². The summed E-state index contributed by atoms with van der Waals surface area (Å²) in [6, 6.07) is 9.38. The molecule has 2 aliphatic rings. The monoisotopic (exact) mass is 405 g/mol. The van der Waals surface area contributed by atoms with Gasteiger partial charge >= 0.3 is 6.36 Å². The van der Waals surface area contributed by atoms with Crippen molar-refractivity contribution in [3.05, 3.63) is 71.2 Å². The van der Waals surface area contributed by atoms with Crippen molar-refractivity contribution in [2.45, 2.75) is 25.8 Å². The summed E-state index contributed by atoms with van der Waals surface area (Å²) < 4.78 is 60.4. The smallest absolute Gasteiger partial charge is 0.482 e. The molecule has 0 bridgehead atoms. The summed E-state index contributed by atoms with van der Waals surface area (Å²) in [5.74, 6) is -0.907. The van der Waals surface area contributed by atoms with Crippen LogP contribution in [0.15, 0.2) is 54.3 Å². The van der Waals surface area contributed by atoms with Crippen molar-refractivity contribution in [2.75, 3.05) is 5.32 Å². The minimum atomic E-state index is -4.77. The molecule has 0 fully saturated rings. The zero-order valence-electron chi connectivity index (χ0n) is 15.4. The predicted octanol–water partition coefficient (Wildman–Crippen LogP) is 5.28. The molecule has 0 unspecified atom stereocenters. The molecule has 1 N–H and O–H groups in total. The Morgan fingerprint density at radius 3 is 2.41 bits per heavy atom. The first-order chi connectivity index (χ1) is 13.5. The van der Waals surface area contributed by atoms with Gasteiger partial charge in [-0.3, -0.25) is 4.79 Å². The van der Waals surface area contributed by atoms with Crippen molar-refractivity contribution in [1.29, 1.82) is 0 Å². The van der Waals surface area contributed by atoms with Crippen molar-refractivity contribution in [3.8, 4) is 5.75 Å². The van der Waals surface area contributed by atoms with Crippen molar-refractivity contribution < 1.29 is 31.8 Å². The molecule has 8 heteroatoms. The van der Waals surface area contributed by atoms with Crippen LogP contribution >= 0.6 is 0 Å². The van der Waals surface area contributed by atoms with E-state index < -0.39 is 23.7 Å². The molecule has 4 nitrogen and oxygen atoms in total. The molecule has 0 saturated carbocycles. The summed E-state index contributed by atoms with van der Waals surface area (Å²) in [4.78, 5) is 12.4. The molecule has 2 aliphatic heterocycles. The molecule has 0 spiro atoms. The zero-order chi connectivity index (χ0) is 21.0. The second-order valence-corrected chi connectivity index (χ2v) is 7.13. The van der Waals surface area contributed by atoms with Gasteiger partial charge in [0, 0.05) is 11.1 Å². The maximum atomic E-state index is 13.4. The summed E-state index contributed by atoms with van der Waals surface area (Å²) in [6.07, 6.45) is -3.09. The summed E-state index contributed by atoms with van der Waals surface area (Å²) in [5.41, 5.74) is 1.63. The fourth-order valence-electron chi connectivity index (χ4n) is 3.44. The fraction of sp³-hybridized carbons (Fsp3) is 0.190. The first-order valence-electron chi connectivity index (χ1n) is 8.66. The van der Waals surface area contributed by atoms with Crippen molar-refractivity contribution >= 4 is 22.7 Å². The fourth-order valence-corrected chi connectivity index (χ4v) is 3.44. The van der Waals surface area contributed by atoms with E-state index in [-0.39, 0.29) is 11.3 Å². The van der Waals surface area contributed by atoms with E-state index in [4.69, 9.17) is 4.74 Å². The number of hydrogen-bond donors (Lipinski definition) is 1. The molecule has 0 saturated heterocycles. The molecule has 2 aromatic carbocycles. The lowest BCUT2D eigenvalue weighted by Gasteiger charge is -2.23.